The zero-order chi connectivity index (χ0) is 24.2. The van der Waals surface area contributed by atoms with E-state index < -0.39 is 0 Å². The van der Waals surface area contributed by atoms with Crippen LogP contribution in [0, 0.1) is 6.92 Å². The maximum Gasteiger partial charge on any atom is 0.247 e. The van der Waals surface area contributed by atoms with Crippen molar-refractivity contribution in [3.8, 4) is 16.9 Å². The monoisotopic (exact) mass is 475 g/mol. The Kier molecular flexibility index (Phi) is 7.05. The molecular weight excluding hydrogens is 450 g/mol. The fraction of sp³-hybridized carbons (Fsp3) is 0.231. The standard InChI is InChI=1S/C26H26ClN5O2/c1-16-12-18(21-15-20(33)9-10-22(21)27)14-23-25(16)29-26(31-30-23)28-19-7-4-6-17(13-19)24(34)8-5-11-32(2)3/h4,6-7,9-10,12-15,33H,5,8,11H2,1-3H3,(H,28,29,31). The average molecular weight is 476 g/mol. The molecular formula is C26H26ClN5O2. The number of fused-ring (bicyclic) bond motifs is 1. The highest BCUT2D eigenvalue weighted by molar-refractivity contribution is 6.33. The number of phenolic OH excluding ortho intramolecular Hbond substituents is 1. The number of hydrogen-bond acceptors (Lipinski definition) is 7. The van der Waals surface area contributed by atoms with Crippen LogP contribution in [0.25, 0.3) is 22.2 Å². The number of aromatic hydroxyl groups is 1. The molecule has 8 heteroatoms. The Morgan fingerprint density at radius 2 is 1.91 bits per heavy atom. The zero-order valence-electron chi connectivity index (χ0n) is 19.3. The molecule has 0 atom stereocenters. The van der Waals surface area contributed by atoms with Gasteiger partial charge in [-0.2, -0.15) is 0 Å². The number of phenols is 1. The Balaban J connectivity index is 1.56. The third-order valence-corrected chi connectivity index (χ3v) is 5.79. The highest BCUT2D eigenvalue weighted by atomic mass is 35.5. The molecule has 0 unspecified atom stereocenters. The zero-order valence-corrected chi connectivity index (χ0v) is 20.1. The number of ketones is 1. The van der Waals surface area contributed by atoms with Crippen molar-refractivity contribution in [1.82, 2.24) is 20.1 Å². The Morgan fingerprint density at radius 3 is 2.71 bits per heavy atom. The van der Waals surface area contributed by atoms with Crippen LogP contribution in [0.1, 0.15) is 28.8 Å². The molecule has 174 valence electrons. The summed E-state index contributed by atoms with van der Waals surface area (Å²) in [7, 11) is 3.99. The van der Waals surface area contributed by atoms with Crippen molar-refractivity contribution in [3.05, 3.63) is 70.7 Å². The second kappa shape index (κ2) is 10.2. The maximum absolute atomic E-state index is 12.5. The van der Waals surface area contributed by atoms with Gasteiger partial charge in [-0.05, 0) is 87.6 Å². The first-order valence-corrected chi connectivity index (χ1v) is 11.4. The summed E-state index contributed by atoms with van der Waals surface area (Å²) in [5.41, 5.74) is 5.13. The molecule has 0 saturated heterocycles. The molecule has 0 aliphatic carbocycles. The molecule has 34 heavy (non-hydrogen) atoms. The lowest BCUT2D eigenvalue weighted by molar-refractivity contribution is 0.0977. The van der Waals surface area contributed by atoms with Crippen LogP contribution in [0.2, 0.25) is 5.02 Å². The molecule has 2 N–H and O–H groups in total. The van der Waals surface area contributed by atoms with E-state index >= 15 is 0 Å². The summed E-state index contributed by atoms with van der Waals surface area (Å²) in [5.74, 6) is 0.590. The van der Waals surface area contributed by atoms with E-state index in [-0.39, 0.29) is 11.5 Å². The van der Waals surface area contributed by atoms with Crippen LogP contribution < -0.4 is 5.32 Å². The van der Waals surface area contributed by atoms with Crippen LogP contribution in [0.3, 0.4) is 0 Å². The maximum atomic E-state index is 12.5. The fourth-order valence-corrected chi connectivity index (χ4v) is 3.98. The first-order chi connectivity index (χ1) is 16.3. The van der Waals surface area contributed by atoms with E-state index in [0.717, 1.165) is 29.8 Å². The van der Waals surface area contributed by atoms with Gasteiger partial charge < -0.3 is 15.3 Å². The van der Waals surface area contributed by atoms with Gasteiger partial charge in [-0.3, -0.25) is 4.79 Å². The summed E-state index contributed by atoms with van der Waals surface area (Å²) in [6.45, 7) is 2.81. The number of hydrogen-bond donors (Lipinski definition) is 2. The lowest BCUT2D eigenvalue weighted by atomic mass is 10.0. The minimum absolute atomic E-state index is 0.108. The number of aryl methyl sites for hydroxylation is 1. The SMILES string of the molecule is Cc1cc(-c2cc(O)ccc2Cl)cc2nnc(Nc3cccc(C(=O)CCCN(C)C)c3)nc12. The van der Waals surface area contributed by atoms with Crippen molar-refractivity contribution >= 4 is 40.1 Å². The number of rotatable bonds is 8. The average Bonchev–Trinajstić information content (AvgIpc) is 2.81. The first-order valence-electron chi connectivity index (χ1n) is 11.0. The van der Waals surface area contributed by atoms with Gasteiger partial charge in [-0.15, -0.1) is 10.2 Å². The topological polar surface area (TPSA) is 91.2 Å². The molecule has 0 amide bonds. The van der Waals surface area contributed by atoms with Crippen LogP contribution >= 0.6 is 11.6 Å². The van der Waals surface area contributed by atoms with Gasteiger partial charge in [0.25, 0.3) is 0 Å². The lowest BCUT2D eigenvalue weighted by Gasteiger charge is -2.11. The molecule has 1 heterocycles. The van der Waals surface area contributed by atoms with Gasteiger partial charge in [0.1, 0.15) is 11.3 Å². The van der Waals surface area contributed by atoms with E-state index in [1.54, 1.807) is 18.2 Å². The lowest BCUT2D eigenvalue weighted by Crippen LogP contribution is -2.14. The van der Waals surface area contributed by atoms with Crippen molar-refractivity contribution in [2.24, 2.45) is 0 Å². The van der Waals surface area contributed by atoms with E-state index in [1.807, 2.05) is 57.4 Å². The van der Waals surface area contributed by atoms with Crippen LogP contribution in [0.4, 0.5) is 11.6 Å². The highest BCUT2D eigenvalue weighted by Gasteiger charge is 2.12. The molecule has 7 nitrogen and oxygen atoms in total. The smallest absolute Gasteiger partial charge is 0.247 e. The number of halogens is 1. The van der Waals surface area contributed by atoms with Crippen molar-refractivity contribution in [2.75, 3.05) is 26.0 Å². The summed E-state index contributed by atoms with van der Waals surface area (Å²) in [4.78, 5) is 19.2. The second-order valence-corrected chi connectivity index (χ2v) is 8.90. The number of benzene rings is 3. The van der Waals surface area contributed by atoms with E-state index in [2.05, 4.69) is 25.4 Å². The van der Waals surface area contributed by atoms with E-state index in [0.29, 0.717) is 39.6 Å². The molecule has 4 aromatic rings. The Labute approximate surface area is 203 Å². The van der Waals surface area contributed by atoms with E-state index in [9.17, 15) is 9.90 Å². The number of nitrogens with one attached hydrogen (secondary N) is 1. The summed E-state index contributed by atoms with van der Waals surface area (Å²) in [5, 5.41) is 22.1. The number of aromatic nitrogens is 3. The molecule has 0 radical (unpaired) electrons. The first kappa shape index (κ1) is 23.6. The molecule has 0 spiro atoms. The van der Waals surface area contributed by atoms with Crippen LogP contribution in [-0.2, 0) is 0 Å². The number of carbonyl (C=O) groups is 1. The molecule has 0 bridgehead atoms. The minimum atomic E-state index is 0.108. The summed E-state index contributed by atoms with van der Waals surface area (Å²) < 4.78 is 0. The number of nitrogens with zero attached hydrogens (tertiary/aromatic N) is 4. The van der Waals surface area contributed by atoms with Gasteiger partial charge in [0.05, 0.1) is 5.52 Å². The minimum Gasteiger partial charge on any atom is -0.508 e. The third-order valence-electron chi connectivity index (χ3n) is 5.46. The Hall–Kier alpha value is -3.55. The van der Waals surface area contributed by atoms with E-state index in [1.165, 1.54) is 0 Å². The molecule has 3 aromatic carbocycles. The molecule has 4 rings (SSSR count). The van der Waals surface area contributed by atoms with Crippen molar-refractivity contribution in [1.29, 1.82) is 0 Å². The van der Waals surface area contributed by atoms with Gasteiger partial charge in [0, 0.05) is 28.3 Å². The second-order valence-electron chi connectivity index (χ2n) is 8.50. The van der Waals surface area contributed by atoms with Crippen LogP contribution in [0.15, 0.2) is 54.6 Å². The normalized spacial score (nSPS) is 11.2. The van der Waals surface area contributed by atoms with Gasteiger partial charge in [0.15, 0.2) is 5.78 Å². The third kappa shape index (κ3) is 5.50. The Bertz CT molecular complexity index is 1360. The summed E-state index contributed by atoms with van der Waals surface area (Å²) in [6, 6.07) is 16.0. The molecule has 0 aliphatic heterocycles. The van der Waals surface area contributed by atoms with Crippen LogP contribution in [-0.4, -0.2) is 51.6 Å². The van der Waals surface area contributed by atoms with Gasteiger partial charge in [-0.25, -0.2) is 4.98 Å². The number of carbonyl (C=O) groups excluding carboxylic acids is 1. The highest BCUT2D eigenvalue weighted by Crippen LogP contribution is 2.33. The van der Waals surface area contributed by atoms with Gasteiger partial charge >= 0.3 is 0 Å². The largest absolute Gasteiger partial charge is 0.508 e. The van der Waals surface area contributed by atoms with Crippen LogP contribution in [0.5, 0.6) is 5.75 Å². The van der Waals surface area contributed by atoms with E-state index in [4.69, 9.17) is 11.6 Å². The number of anilines is 2. The summed E-state index contributed by atoms with van der Waals surface area (Å²) >= 11 is 6.33. The van der Waals surface area contributed by atoms with Gasteiger partial charge in [0.2, 0.25) is 5.95 Å². The molecule has 0 saturated carbocycles. The van der Waals surface area contributed by atoms with Crippen molar-refractivity contribution < 1.29 is 9.90 Å². The van der Waals surface area contributed by atoms with Crippen molar-refractivity contribution in [3.63, 3.8) is 0 Å². The number of Topliss-reactive ketones (excluding diaryl/α,β-unsaturated/α-hetero) is 1. The quantitative estimate of drug-likeness (QED) is 0.319. The molecule has 0 fully saturated rings. The molecule has 1 aromatic heterocycles. The predicted molar refractivity (Wildman–Crippen MR) is 136 cm³/mol. The summed E-state index contributed by atoms with van der Waals surface area (Å²) in [6.07, 6.45) is 1.32. The van der Waals surface area contributed by atoms with Gasteiger partial charge in [-0.1, -0.05) is 23.7 Å². The molecule has 0 aliphatic rings. The Morgan fingerprint density at radius 1 is 1.09 bits per heavy atom. The predicted octanol–water partition coefficient (Wildman–Crippen LogP) is 5.63. The fourth-order valence-electron chi connectivity index (χ4n) is 3.75. The van der Waals surface area contributed by atoms with Crippen molar-refractivity contribution in [2.45, 2.75) is 19.8 Å².